The van der Waals surface area contributed by atoms with Crippen molar-refractivity contribution in [3.05, 3.63) is 0 Å². The number of hydrogen-bond donors (Lipinski definition) is 3. The molecule has 0 spiro atoms. The highest BCUT2D eigenvalue weighted by molar-refractivity contribution is 7.46. The number of phosphoric acid groups is 1. The maximum atomic E-state index is 11.6. The molecule has 192 valence electrons. The maximum absolute atomic E-state index is 11.6. The Labute approximate surface area is 195 Å². The molecule has 0 rings (SSSR count). The summed E-state index contributed by atoms with van der Waals surface area (Å²) in [4.78, 5) is 28.7. The van der Waals surface area contributed by atoms with E-state index in [1.54, 1.807) is 0 Å². The minimum Gasteiger partial charge on any atom is -0.463 e. The van der Waals surface area contributed by atoms with E-state index in [9.17, 15) is 14.5 Å². The number of phosphoric ester groups is 1. The van der Waals surface area contributed by atoms with Gasteiger partial charge in [-0.3, -0.25) is 9.32 Å². The molecule has 0 radical (unpaired) electrons. The van der Waals surface area contributed by atoms with E-state index in [1.807, 2.05) is 0 Å². The Morgan fingerprint density at radius 1 is 0.688 bits per heavy atom. The minimum atomic E-state index is -4.62. The van der Waals surface area contributed by atoms with Crippen LogP contribution in [0.5, 0.6) is 0 Å². The molecule has 0 aromatic rings. The second kappa shape index (κ2) is 22.3. The van der Waals surface area contributed by atoms with Gasteiger partial charge in [0, 0.05) is 6.42 Å². The number of aliphatic hydroxyl groups excluding tert-OH is 1. The summed E-state index contributed by atoms with van der Waals surface area (Å²) in [6, 6.07) is 0. The fourth-order valence-electron chi connectivity index (χ4n) is 3.66. The van der Waals surface area contributed by atoms with E-state index in [-0.39, 0.29) is 6.61 Å². The molecule has 0 aliphatic heterocycles. The summed E-state index contributed by atoms with van der Waals surface area (Å²) in [6.45, 7) is 1.37. The normalized spacial score (nSPS) is 12.8. The van der Waals surface area contributed by atoms with E-state index in [4.69, 9.17) is 14.5 Å². The van der Waals surface area contributed by atoms with Gasteiger partial charge in [-0.05, 0) is 6.42 Å². The van der Waals surface area contributed by atoms with Gasteiger partial charge < -0.3 is 19.6 Å². The Balaban J connectivity index is 3.25. The molecule has 8 heteroatoms. The van der Waals surface area contributed by atoms with Crippen LogP contribution >= 0.6 is 7.82 Å². The van der Waals surface area contributed by atoms with Crippen LogP contribution in [0.15, 0.2) is 0 Å². The molecule has 0 aliphatic rings. The van der Waals surface area contributed by atoms with Gasteiger partial charge in [0.25, 0.3) is 0 Å². The zero-order chi connectivity index (χ0) is 23.9. The van der Waals surface area contributed by atoms with Gasteiger partial charge in [0.1, 0.15) is 12.7 Å². The Hall–Kier alpha value is -0.460. The molecule has 0 aliphatic carbocycles. The molecule has 0 unspecified atom stereocenters. The predicted octanol–water partition coefficient (Wildman–Crippen LogP) is 6.43. The first-order valence-electron chi connectivity index (χ1n) is 12.9. The van der Waals surface area contributed by atoms with Gasteiger partial charge >= 0.3 is 13.8 Å². The lowest BCUT2D eigenvalue weighted by Gasteiger charge is -2.12. The van der Waals surface area contributed by atoms with Crippen LogP contribution in [0.4, 0.5) is 0 Å². The Morgan fingerprint density at radius 3 is 1.44 bits per heavy atom. The smallest absolute Gasteiger partial charge is 0.463 e. The molecule has 0 amide bonds. The highest BCUT2D eigenvalue weighted by Gasteiger charge is 2.17. The molecule has 0 fully saturated rings. The van der Waals surface area contributed by atoms with Gasteiger partial charge in [-0.2, -0.15) is 0 Å². The lowest BCUT2D eigenvalue weighted by molar-refractivity contribution is -0.147. The minimum absolute atomic E-state index is 0.296. The fourth-order valence-corrected chi connectivity index (χ4v) is 4.03. The van der Waals surface area contributed by atoms with Crippen LogP contribution in [0.2, 0.25) is 0 Å². The van der Waals surface area contributed by atoms with E-state index in [2.05, 4.69) is 11.4 Å². The van der Waals surface area contributed by atoms with E-state index >= 15 is 0 Å². The molecule has 1 atom stereocenters. The molecular formula is C24H49O7P. The quantitative estimate of drug-likeness (QED) is 0.0828. The Bertz CT molecular complexity index is 467. The summed E-state index contributed by atoms with van der Waals surface area (Å²) < 4.78 is 19.5. The highest BCUT2D eigenvalue weighted by atomic mass is 31.2. The second-order valence-corrected chi connectivity index (χ2v) is 10.1. The molecular weight excluding hydrogens is 431 g/mol. The number of unbranched alkanes of at least 4 members (excludes halogenated alkanes) is 17. The second-order valence-electron chi connectivity index (χ2n) is 8.88. The lowest BCUT2D eigenvalue weighted by Crippen LogP contribution is -2.23. The third-order valence-electron chi connectivity index (χ3n) is 5.61. The van der Waals surface area contributed by atoms with Crippen molar-refractivity contribution in [2.24, 2.45) is 0 Å². The van der Waals surface area contributed by atoms with E-state index < -0.39 is 26.5 Å². The largest absolute Gasteiger partial charge is 0.469 e. The van der Waals surface area contributed by atoms with Gasteiger partial charge in [0.2, 0.25) is 0 Å². The van der Waals surface area contributed by atoms with E-state index in [0.717, 1.165) is 19.3 Å². The van der Waals surface area contributed by atoms with Crippen LogP contribution in [-0.2, 0) is 18.6 Å². The molecule has 3 N–H and O–H groups in total. The van der Waals surface area contributed by atoms with Crippen LogP contribution < -0.4 is 0 Å². The SMILES string of the molecule is CCCCCCCCCCCCCCCCCCCCC(=O)OC[C@@H](O)COP(=O)(O)O. The Kier molecular flexibility index (Phi) is 22.0. The van der Waals surface area contributed by atoms with Crippen LogP contribution in [0.25, 0.3) is 0 Å². The lowest BCUT2D eigenvalue weighted by atomic mass is 10.0. The van der Waals surface area contributed by atoms with Gasteiger partial charge in [-0.25, -0.2) is 4.57 Å². The number of carbonyl (C=O) groups is 1. The number of carbonyl (C=O) groups excluding carboxylic acids is 1. The van der Waals surface area contributed by atoms with Crippen LogP contribution in [0, 0.1) is 0 Å². The third-order valence-corrected chi connectivity index (χ3v) is 6.09. The first-order chi connectivity index (χ1) is 15.3. The summed E-state index contributed by atoms with van der Waals surface area (Å²) in [6.07, 6.45) is 22.3. The zero-order valence-electron chi connectivity index (χ0n) is 20.3. The van der Waals surface area contributed by atoms with E-state index in [0.29, 0.717) is 6.42 Å². The number of aliphatic hydroxyl groups is 1. The number of hydrogen-bond acceptors (Lipinski definition) is 5. The maximum Gasteiger partial charge on any atom is 0.469 e. The summed E-state index contributed by atoms with van der Waals surface area (Å²) >= 11 is 0. The molecule has 32 heavy (non-hydrogen) atoms. The van der Waals surface area contributed by atoms with Gasteiger partial charge in [-0.1, -0.05) is 116 Å². The average Bonchev–Trinajstić information content (AvgIpc) is 2.75. The third kappa shape index (κ3) is 25.8. The van der Waals surface area contributed by atoms with Crippen LogP contribution in [0.3, 0.4) is 0 Å². The van der Waals surface area contributed by atoms with Gasteiger partial charge in [0.15, 0.2) is 0 Å². The first kappa shape index (κ1) is 31.5. The summed E-state index contributed by atoms with van der Waals surface area (Å²) in [7, 11) is -4.62. The van der Waals surface area contributed by atoms with Crippen molar-refractivity contribution in [1.29, 1.82) is 0 Å². The topological polar surface area (TPSA) is 113 Å². The van der Waals surface area contributed by atoms with Crippen molar-refractivity contribution in [1.82, 2.24) is 0 Å². The molecule has 0 bridgehead atoms. The van der Waals surface area contributed by atoms with Crippen LogP contribution in [-0.4, -0.2) is 40.2 Å². The van der Waals surface area contributed by atoms with Crippen molar-refractivity contribution in [2.75, 3.05) is 13.2 Å². The highest BCUT2D eigenvalue weighted by Crippen LogP contribution is 2.35. The standard InChI is InChI=1S/C24H49O7P/c1-2-3-4-5-6-7-8-9-10-11-12-13-14-15-16-17-18-19-20-24(26)30-21-23(25)22-31-32(27,28)29/h23,25H,2-22H2,1H3,(H2,27,28,29)/t23-/m1/s1. The van der Waals surface area contributed by atoms with Gasteiger partial charge in [0.05, 0.1) is 6.61 Å². The molecule has 0 saturated heterocycles. The zero-order valence-corrected chi connectivity index (χ0v) is 21.2. The molecule has 0 heterocycles. The molecule has 0 aromatic heterocycles. The molecule has 0 aromatic carbocycles. The number of esters is 1. The van der Waals surface area contributed by atoms with E-state index in [1.165, 1.54) is 96.3 Å². The molecule has 0 saturated carbocycles. The van der Waals surface area contributed by atoms with Crippen molar-refractivity contribution in [2.45, 2.75) is 135 Å². The fraction of sp³-hybridized carbons (Fsp3) is 0.958. The van der Waals surface area contributed by atoms with Crippen molar-refractivity contribution < 1.29 is 33.5 Å². The monoisotopic (exact) mass is 480 g/mol. The summed E-state index contributed by atoms with van der Waals surface area (Å²) in [5.74, 6) is -0.406. The predicted molar refractivity (Wildman–Crippen MR) is 128 cm³/mol. The summed E-state index contributed by atoms with van der Waals surface area (Å²) in [5, 5.41) is 9.44. The first-order valence-corrected chi connectivity index (χ1v) is 14.4. The van der Waals surface area contributed by atoms with Crippen molar-refractivity contribution >= 4 is 13.8 Å². The van der Waals surface area contributed by atoms with Crippen molar-refractivity contribution in [3.8, 4) is 0 Å². The Morgan fingerprint density at radius 2 is 1.06 bits per heavy atom. The van der Waals surface area contributed by atoms with Crippen molar-refractivity contribution in [3.63, 3.8) is 0 Å². The van der Waals surface area contributed by atoms with Crippen LogP contribution in [0.1, 0.15) is 129 Å². The summed E-state index contributed by atoms with van der Waals surface area (Å²) in [5.41, 5.74) is 0. The number of ether oxygens (including phenoxy) is 1. The number of rotatable bonds is 24. The molecule has 7 nitrogen and oxygen atoms in total. The average molecular weight is 481 g/mol. The van der Waals surface area contributed by atoms with Gasteiger partial charge in [-0.15, -0.1) is 0 Å².